The van der Waals surface area contributed by atoms with Gasteiger partial charge in [-0.3, -0.25) is 14.5 Å². The number of aromatic nitrogens is 1. The second kappa shape index (κ2) is 9.27. The normalized spacial score (nSPS) is 14.8. The summed E-state index contributed by atoms with van der Waals surface area (Å²) in [5, 5.41) is 0. The van der Waals surface area contributed by atoms with Crippen molar-refractivity contribution in [3.8, 4) is 5.75 Å². The first-order chi connectivity index (χ1) is 13.9. The Morgan fingerprint density at radius 2 is 1.79 bits per heavy atom. The largest absolute Gasteiger partial charge is 0.497 e. The number of hydrogen-bond donors (Lipinski definition) is 0. The molecule has 6 heteroatoms. The highest BCUT2D eigenvalue weighted by Gasteiger charge is 2.23. The molecule has 2 heterocycles. The number of Topliss-reactive ketones (excluding diaryl/α,β-unsaturated/α-hetero) is 1. The van der Waals surface area contributed by atoms with Gasteiger partial charge in [0.25, 0.3) is 0 Å². The zero-order valence-electron chi connectivity index (χ0n) is 17.9. The summed E-state index contributed by atoms with van der Waals surface area (Å²) >= 11 is 0. The van der Waals surface area contributed by atoms with Crippen molar-refractivity contribution in [2.45, 2.75) is 26.7 Å². The fourth-order valence-corrected chi connectivity index (χ4v) is 3.82. The number of ketones is 1. The van der Waals surface area contributed by atoms with Crippen molar-refractivity contribution in [2.75, 3.05) is 39.8 Å². The van der Waals surface area contributed by atoms with Gasteiger partial charge in [0.2, 0.25) is 5.91 Å². The van der Waals surface area contributed by atoms with Crippen LogP contribution in [0.2, 0.25) is 0 Å². The van der Waals surface area contributed by atoms with Crippen LogP contribution in [0.1, 0.15) is 33.7 Å². The van der Waals surface area contributed by atoms with Crippen LogP contribution in [0.15, 0.2) is 30.3 Å². The minimum atomic E-state index is 0.156. The van der Waals surface area contributed by atoms with Crippen molar-refractivity contribution in [3.05, 3.63) is 52.8 Å². The zero-order chi connectivity index (χ0) is 21.0. The highest BCUT2D eigenvalue weighted by Crippen LogP contribution is 2.16. The fourth-order valence-electron chi connectivity index (χ4n) is 3.82. The summed E-state index contributed by atoms with van der Waals surface area (Å²) in [6, 6.07) is 9.82. The second-order valence-electron chi connectivity index (χ2n) is 7.78. The number of benzene rings is 1. The lowest BCUT2D eigenvalue weighted by molar-refractivity contribution is -0.132. The van der Waals surface area contributed by atoms with E-state index in [4.69, 9.17) is 4.74 Å². The molecule has 1 saturated heterocycles. The topological polar surface area (TPSA) is 54.8 Å². The van der Waals surface area contributed by atoms with Crippen molar-refractivity contribution < 1.29 is 14.3 Å². The van der Waals surface area contributed by atoms with Crippen molar-refractivity contribution in [3.63, 3.8) is 0 Å². The Hall–Kier alpha value is -2.60. The number of aryl methyl sites for hydroxylation is 2. The summed E-state index contributed by atoms with van der Waals surface area (Å²) in [7, 11) is 3.63. The summed E-state index contributed by atoms with van der Waals surface area (Å²) in [5.41, 5.74) is 4.02. The van der Waals surface area contributed by atoms with Crippen LogP contribution in [0.4, 0.5) is 0 Å². The molecule has 0 atom stereocenters. The number of carbonyl (C=O) groups excluding carboxylic acids is 2. The molecule has 0 bridgehead atoms. The van der Waals surface area contributed by atoms with E-state index in [2.05, 4.69) is 4.90 Å². The third kappa shape index (κ3) is 5.07. The molecule has 1 aliphatic heterocycles. The van der Waals surface area contributed by atoms with Crippen molar-refractivity contribution in [1.29, 1.82) is 0 Å². The van der Waals surface area contributed by atoms with E-state index < -0.39 is 0 Å². The molecule has 0 saturated carbocycles. The molecule has 2 aromatic rings. The van der Waals surface area contributed by atoms with Gasteiger partial charge in [0.05, 0.1) is 13.7 Å². The van der Waals surface area contributed by atoms with E-state index in [0.29, 0.717) is 32.5 Å². The first-order valence-corrected chi connectivity index (χ1v) is 10.2. The number of hydrogen-bond acceptors (Lipinski definition) is 4. The molecule has 1 aromatic heterocycles. The molecule has 1 fully saturated rings. The quantitative estimate of drug-likeness (QED) is 0.674. The lowest BCUT2D eigenvalue weighted by Gasteiger charge is -2.34. The molecule has 6 nitrogen and oxygen atoms in total. The minimum Gasteiger partial charge on any atom is -0.497 e. The highest BCUT2D eigenvalue weighted by atomic mass is 16.5. The smallest absolute Gasteiger partial charge is 0.222 e. The second-order valence-corrected chi connectivity index (χ2v) is 7.78. The van der Waals surface area contributed by atoms with Crippen molar-refractivity contribution in [1.82, 2.24) is 14.4 Å². The Morgan fingerprint density at radius 3 is 2.41 bits per heavy atom. The predicted octanol–water partition coefficient (Wildman–Crippen LogP) is 2.61. The molecule has 0 unspecified atom stereocenters. The molecule has 0 spiro atoms. The van der Waals surface area contributed by atoms with Gasteiger partial charge in [-0.05, 0) is 44.0 Å². The SMILES string of the molecule is COc1cccc(CCC(=O)N2CCN(CC(=O)c3cc(C)n(C)c3C)CC2)c1. The summed E-state index contributed by atoms with van der Waals surface area (Å²) in [6.07, 6.45) is 1.20. The van der Waals surface area contributed by atoms with Crippen LogP contribution in [0.5, 0.6) is 5.75 Å². The molecular weight excluding hydrogens is 366 g/mol. The van der Waals surface area contributed by atoms with Gasteiger partial charge in [-0.2, -0.15) is 0 Å². The number of amides is 1. The lowest BCUT2D eigenvalue weighted by atomic mass is 10.1. The van der Waals surface area contributed by atoms with Gasteiger partial charge in [0.15, 0.2) is 5.78 Å². The van der Waals surface area contributed by atoms with Gasteiger partial charge in [-0.25, -0.2) is 0 Å². The Kier molecular flexibility index (Phi) is 6.75. The number of rotatable bonds is 7. The maximum absolute atomic E-state index is 12.7. The van der Waals surface area contributed by atoms with Crippen LogP contribution >= 0.6 is 0 Å². The fraction of sp³-hybridized carbons (Fsp3) is 0.478. The first-order valence-electron chi connectivity index (χ1n) is 10.2. The maximum atomic E-state index is 12.7. The molecule has 1 aliphatic rings. The van der Waals surface area contributed by atoms with E-state index in [-0.39, 0.29) is 11.7 Å². The molecule has 1 aromatic carbocycles. The first kappa shape index (κ1) is 21.1. The zero-order valence-corrected chi connectivity index (χ0v) is 17.9. The van der Waals surface area contributed by atoms with E-state index in [1.54, 1.807) is 7.11 Å². The minimum absolute atomic E-state index is 0.156. The van der Waals surface area contributed by atoms with Gasteiger partial charge < -0.3 is 14.2 Å². The van der Waals surface area contributed by atoms with E-state index >= 15 is 0 Å². The number of carbonyl (C=O) groups is 2. The van der Waals surface area contributed by atoms with Crippen LogP contribution < -0.4 is 4.74 Å². The number of methoxy groups -OCH3 is 1. The van der Waals surface area contributed by atoms with Crippen LogP contribution in [0, 0.1) is 13.8 Å². The number of nitrogens with zero attached hydrogens (tertiary/aromatic N) is 3. The highest BCUT2D eigenvalue weighted by molar-refractivity contribution is 5.99. The Balaban J connectivity index is 1.46. The lowest BCUT2D eigenvalue weighted by Crippen LogP contribution is -2.50. The predicted molar refractivity (Wildman–Crippen MR) is 114 cm³/mol. The average Bonchev–Trinajstić information content (AvgIpc) is 3.00. The number of ether oxygens (including phenoxy) is 1. The molecule has 0 aliphatic carbocycles. The van der Waals surface area contributed by atoms with Crippen LogP contribution in [0.3, 0.4) is 0 Å². The molecule has 156 valence electrons. The van der Waals surface area contributed by atoms with Crippen molar-refractivity contribution in [2.24, 2.45) is 7.05 Å². The van der Waals surface area contributed by atoms with E-state index in [0.717, 1.165) is 41.4 Å². The number of piperazine rings is 1. The Morgan fingerprint density at radius 1 is 1.07 bits per heavy atom. The van der Waals surface area contributed by atoms with Gasteiger partial charge >= 0.3 is 0 Å². The molecule has 3 rings (SSSR count). The van der Waals surface area contributed by atoms with E-state index in [9.17, 15) is 9.59 Å². The Labute approximate surface area is 173 Å². The van der Waals surface area contributed by atoms with Gasteiger partial charge in [0.1, 0.15) is 5.75 Å². The maximum Gasteiger partial charge on any atom is 0.222 e. The molecule has 29 heavy (non-hydrogen) atoms. The van der Waals surface area contributed by atoms with Crippen LogP contribution in [-0.4, -0.2) is 65.9 Å². The standard InChI is InChI=1S/C23H31N3O3/c1-17-14-21(18(2)24(17)3)22(27)16-25-10-12-26(13-11-25)23(28)9-8-19-6-5-7-20(15-19)29-4/h5-7,14-15H,8-13,16H2,1-4H3. The van der Waals surface area contributed by atoms with E-state index in [1.165, 1.54) is 0 Å². The van der Waals surface area contributed by atoms with Gasteiger partial charge in [0, 0.05) is 56.6 Å². The third-order valence-corrected chi connectivity index (χ3v) is 5.93. The Bertz CT molecular complexity index is 879. The van der Waals surface area contributed by atoms with Crippen molar-refractivity contribution >= 4 is 11.7 Å². The van der Waals surface area contributed by atoms with Gasteiger partial charge in [-0.1, -0.05) is 12.1 Å². The van der Waals surface area contributed by atoms with Crippen LogP contribution in [0.25, 0.3) is 0 Å². The van der Waals surface area contributed by atoms with Gasteiger partial charge in [-0.15, -0.1) is 0 Å². The third-order valence-electron chi connectivity index (χ3n) is 5.93. The molecule has 0 N–H and O–H groups in total. The monoisotopic (exact) mass is 397 g/mol. The van der Waals surface area contributed by atoms with E-state index in [1.807, 2.05) is 60.7 Å². The molecule has 0 radical (unpaired) electrons. The summed E-state index contributed by atoms with van der Waals surface area (Å²) < 4.78 is 7.29. The summed E-state index contributed by atoms with van der Waals surface area (Å²) in [6.45, 7) is 7.24. The summed E-state index contributed by atoms with van der Waals surface area (Å²) in [4.78, 5) is 29.3. The molecular formula is C23H31N3O3. The summed E-state index contributed by atoms with van der Waals surface area (Å²) in [5.74, 6) is 1.15. The average molecular weight is 398 g/mol. The van der Waals surface area contributed by atoms with Crippen LogP contribution in [-0.2, 0) is 18.3 Å². The molecule has 1 amide bonds.